The standard InChI is InChI=1S/C7H14N2O3/c1-9(8)6(10)4-2-3-5-7(11)12/h2-5,8H2,1H3,(H,11,12). The van der Waals surface area contributed by atoms with Crippen LogP contribution in [0.3, 0.4) is 0 Å². The van der Waals surface area contributed by atoms with E-state index in [0.717, 1.165) is 5.01 Å². The van der Waals surface area contributed by atoms with Gasteiger partial charge in [0.2, 0.25) is 5.91 Å². The highest BCUT2D eigenvalue weighted by Crippen LogP contribution is 2.00. The molecule has 0 aromatic carbocycles. The molecule has 12 heavy (non-hydrogen) atoms. The van der Waals surface area contributed by atoms with Crippen LogP contribution in [0.5, 0.6) is 0 Å². The first-order valence-corrected chi connectivity index (χ1v) is 3.77. The lowest BCUT2D eigenvalue weighted by Crippen LogP contribution is -2.32. The Morgan fingerprint density at radius 1 is 1.33 bits per heavy atom. The van der Waals surface area contributed by atoms with Gasteiger partial charge in [-0.1, -0.05) is 0 Å². The fourth-order valence-electron chi connectivity index (χ4n) is 0.729. The molecule has 0 fully saturated rings. The van der Waals surface area contributed by atoms with Gasteiger partial charge in [0.15, 0.2) is 0 Å². The van der Waals surface area contributed by atoms with Gasteiger partial charge in [0.05, 0.1) is 0 Å². The van der Waals surface area contributed by atoms with Crippen molar-refractivity contribution in [3.8, 4) is 0 Å². The Morgan fingerprint density at radius 3 is 2.25 bits per heavy atom. The monoisotopic (exact) mass is 174 g/mol. The number of hydrogen-bond acceptors (Lipinski definition) is 3. The zero-order chi connectivity index (χ0) is 9.56. The number of nitrogens with zero attached hydrogens (tertiary/aromatic N) is 1. The number of rotatable bonds is 5. The molecule has 5 nitrogen and oxygen atoms in total. The molecule has 5 heteroatoms. The molecular weight excluding hydrogens is 160 g/mol. The number of carbonyl (C=O) groups is 2. The van der Waals surface area contributed by atoms with Gasteiger partial charge in [-0.05, 0) is 12.8 Å². The summed E-state index contributed by atoms with van der Waals surface area (Å²) in [6, 6.07) is 0. The quantitative estimate of drug-likeness (QED) is 0.265. The Kier molecular flexibility index (Phi) is 5.03. The van der Waals surface area contributed by atoms with Crippen LogP contribution in [0.2, 0.25) is 0 Å². The zero-order valence-electron chi connectivity index (χ0n) is 7.12. The molecule has 0 radical (unpaired) electrons. The molecule has 3 N–H and O–H groups in total. The lowest BCUT2D eigenvalue weighted by molar-refractivity contribution is -0.137. The fraction of sp³-hybridized carbons (Fsp3) is 0.714. The summed E-state index contributed by atoms with van der Waals surface area (Å²) in [6.07, 6.45) is 1.53. The molecule has 0 spiro atoms. The van der Waals surface area contributed by atoms with Crippen LogP contribution in [0.25, 0.3) is 0 Å². The van der Waals surface area contributed by atoms with Crippen molar-refractivity contribution in [3.63, 3.8) is 0 Å². The van der Waals surface area contributed by atoms with Crippen molar-refractivity contribution in [1.82, 2.24) is 5.01 Å². The molecule has 0 saturated heterocycles. The average molecular weight is 174 g/mol. The van der Waals surface area contributed by atoms with Gasteiger partial charge in [-0.3, -0.25) is 14.6 Å². The van der Waals surface area contributed by atoms with E-state index < -0.39 is 5.97 Å². The highest BCUT2D eigenvalue weighted by molar-refractivity contribution is 5.75. The van der Waals surface area contributed by atoms with E-state index in [2.05, 4.69) is 0 Å². The minimum absolute atomic E-state index is 0.113. The van der Waals surface area contributed by atoms with Crippen LogP contribution in [-0.2, 0) is 9.59 Å². The lowest BCUT2D eigenvalue weighted by Gasteiger charge is -2.08. The van der Waals surface area contributed by atoms with Crippen LogP contribution in [0.4, 0.5) is 0 Å². The van der Waals surface area contributed by atoms with Crippen molar-refractivity contribution < 1.29 is 14.7 Å². The number of aliphatic carboxylic acids is 1. The van der Waals surface area contributed by atoms with Gasteiger partial charge in [-0.15, -0.1) is 0 Å². The molecule has 0 bridgehead atoms. The maximum Gasteiger partial charge on any atom is 0.303 e. The third-order valence-electron chi connectivity index (χ3n) is 1.42. The maximum atomic E-state index is 10.8. The van der Waals surface area contributed by atoms with Crippen molar-refractivity contribution >= 4 is 11.9 Å². The van der Waals surface area contributed by atoms with Gasteiger partial charge in [0.1, 0.15) is 0 Å². The summed E-state index contributed by atoms with van der Waals surface area (Å²) in [6.45, 7) is 0. The third kappa shape index (κ3) is 5.67. The van der Waals surface area contributed by atoms with E-state index >= 15 is 0 Å². The number of hydrazine groups is 1. The molecule has 0 atom stereocenters. The van der Waals surface area contributed by atoms with Gasteiger partial charge in [-0.25, -0.2) is 5.84 Å². The van der Waals surface area contributed by atoms with Crippen LogP contribution < -0.4 is 5.84 Å². The Hall–Kier alpha value is -1.10. The first-order valence-electron chi connectivity index (χ1n) is 3.77. The molecular formula is C7H14N2O3. The SMILES string of the molecule is CN(N)C(=O)CCCCC(=O)O. The highest BCUT2D eigenvalue weighted by Gasteiger charge is 2.04. The summed E-state index contributed by atoms with van der Waals surface area (Å²) in [5, 5.41) is 9.28. The normalized spacial score (nSPS) is 9.50. The van der Waals surface area contributed by atoms with Crippen LogP contribution >= 0.6 is 0 Å². The minimum atomic E-state index is -0.830. The van der Waals surface area contributed by atoms with Crippen LogP contribution in [0.15, 0.2) is 0 Å². The first kappa shape index (κ1) is 10.9. The van der Waals surface area contributed by atoms with Crippen molar-refractivity contribution in [2.45, 2.75) is 25.7 Å². The van der Waals surface area contributed by atoms with E-state index in [9.17, 15) is 9.59 Å². The molecule has 0 aromatic heterocycles. The Labute approximate surface area is 71.1 Å². The van der Waals surface area contributed by atoms with Crippen LogP contribution in [0.1, 0.15) is 25.7 Å². The summed E-state index contributed by atoms with van der Waals surface area (Å²) in [5.74, 6) is 4.15. The van der Waals surface area contributed by atoms with Crippen LogP contribution in [0, 0.1) is 0 Å². The Morgan fingerprint density at radius 2 is 1.83 bits per heavy atom. The van der Waals surface area contributed by atoms with Crippen molar-refractivity contribution in [2.24, 2.45) is 5.84 Å². The van der Waals surface area contributed by atoms with E-state index in [1.807, 2.05) is 0 Å². The Bertz CT molecular complexity index is 168. The van der Waals surface area contributed by atoms with Crippen LogP contribution in [-0.4, -0.2) is 29.0 Å². The molecule has 0 aliphatic rings. The molecule has 0 aliphatic carbocycles. The smallest absolute Gasteiger partial charge is 0.303 e. The largest absolute Gasteiger partial charge is 0.481 e. The summed E-state index contributed by atoms with van der Waals surface area (Å²) in [5.41, 5.74) is 0. The number of amides is 1. The second-order valence-electron chi connectivity index (χ2n) is 2.61. The average Bonchev–Trinajstić information content (AvgIpc) is 1.97. The first-order chi connectivity index (χ1) is 5.54. The summed E-state index contributed by atoms with van der Waals surface area (Å²) in [7, 11) is 1.47. The second-order valence-corrected chi connectivity index (χ2v) is 2.61. The summed E-state index contributed by atoms with van der Waals surface area (Å²) >= 11 is 0. The predicted molar refractivity (Wildman–Crippen MR) is 43.1 cm³/mol. The Balaban J connectivity index is 3.32. The van der Waals surface area contributed by atoms with E-state index in [1.165, 1.54) is 7.05 Å². The third-order valence-corrected chi connectivity index (χ3v) is 1.42. The number of carboxylic acid groups (broad SMARTS) is 1. The van der Waals surface area contributed by atoms with E-state index in [0.29, 0.717) is 19.3 Å². The van der Waals surface area contributed by atoms with Crippen molar-refractivity contribution in [2.75, 3.05) is 7.05 Å². The molecule has 0 unspecified atom stereocenters. The zero-order valence-corrected chi connectivity index (χ0v) is 7.12. The van der Waals surface area contributed by atoms with Gasteiger partial charge in [-0.2, -0.15) is 0 Å². The lowest BCUT2D eigenvalue weighted by atomic mass is 10.2. The number of nitrogens with two attached hydrogens (primary N) is 1. The fourth-order valence-corrected chi connectivity index (χ4v) is 0.729. The van der Waals surface area contributed by atoms with Gasteiger partial charge in [0, 0.05) is 19.9 Å². The highest BCUT2D eigenvalue weighted by atomic mass is 16.4. The topological polar surface area (TPSA) is 83.6 Å². The summed E-state index contributed by atoms with van der Waals surface area (Å²) < 4.78 is 0. The number of unbranched alkanes of at least 4 members (excludes halogenated alkanes) is 1. The summed E-state index contributed by atoms with van der Waals surface area (Å²) in [4.78, 5) is 20.9. The predicted octanol–water partition coefficient (Wildman–Crippen LogP) is -0.0365. The van der Waals surface area contributed by atoms with Gasteiger partial charge in [0.25, 0.3) is 0 Å². The molecule has 70 valence electrons. The molecule has 0 saturated carbocycles. The van der Waals surface area contributed by atoms with Gasteiger partial charge < -0.3 is 5.11 Å². The molecule has 0 heterocycles. The van der Waals surface area contributed by atoms with E-state index in [4.69, 9.17) is 10.9 Å². The second kappa shape index (κ2) is 5.54. The molecule has 0 aromatic rings. The molecule has 1 amide bonds. The van der Waals surface area contributed by atoms with E-state index in [1.54, 1.807) is 0 Å². The van der Waals surface area contributed by atoms with Gasteiger partial charge >= 0.3 is 5.97 Å². The number of hydrogen-bond donors (Lipinski definition) is 2. The molecule has 0 rings (SSSR count). The molecule has 0 aliphatic heterocycles. The van der Waals surface area contributed by atoms with E-state index in [-0.39, 0.29) is 12.3 Å². The minimum Gasteiger partial charge on any atom is -0.481 e. The van der Waals surface area contributed by atoms with Crippen molar-refractivity contribution in [3.05, 3.63) is 0 Å². The number of carboxylic acids is 1. The number of carbonyl (C=O) groups excluding carboxylic acids is 1. The maximum absolute atomic E-state index is 10.8. The van der Waals surface area contributed by atoms with Crippen molar-refractivity contribution in [1.29, 1.82) is 0 Å².